The van der Waals surface area contributed by atoms with E-state index in [0.717, 1.165) is 10.9 Å². The van der Waals surface area contributed by atoms with Crippen LogP contribution < -0.4 is 11.3 Å². The Kier molecular flexibility index (Phi) is 2.58. The lowest BCUT2D eigenvalue weighted by Gasteiger charge is -2.06. The molecule has 0 saturated carbocycles. The molecule has 5 heteroatoms. The molecule has 1 heterocycles. The lowest BCUT2D eigenvalue weighted by molar-refractivity contribution is 0.623. The molecule has 3 N–H and O–H groups in total. The average Bonchev–Trinajstić information content (AvgIpc) is 2.20. The quantitative estimate of drug-likeness (QED) is 0.618. The number of aryl methyl sites for hydroxylation is 1. The molecule has 0 radical (unpaired) electrons. The van der Waals surface area contributed by atoms with Gasteiger partial charge >= 0.3 is 0 Å². The highest BCUT2D eigenvalue weighted by molar-refractivity contribution is 9.10. The topological polar surface area (TPSA) is 50.9 Å². The van der Waals surface area contributed by atoms with Crippen molar-refractivity contribution in [1.82, 2.24) is 4.98 Å². The molecule has 1 aromatic carbocycles. The smallest absolute Gasteiger partial charge is 0.143 e. The normalized spacial score (nSPS) is 10.7. The number of fused-ring (bicyclic) bond motifs is 1. The van der Waals surface area contributed by atoms with Crippen LogP contribution in [0.4, 0.5) is 10.2 Å². The molecule has 0 aliphatic heterocycles. The van der Waals surface area contributed by atoms with Crippen LogP contribution >= 0.6 is 15.9 Å². The number of hydrogen-bond donors (Lipinski definition) is 2. The molecule has 0 amide bonds. The molecule has 2 aromatic rings. The zero-order valence-corrected chi connectivity index (χ0v) is 9.60. The molecule has 0 spiro atoms. The van der Waals surface area contributed by atoms with Gasteiger partial charge in [0.2, 0.25) is 0 Å². The second kappa shape index (κ2) is 3.75. The van der Waals surface area contributed by atoms with Crippen LogP contribution in [0.1, 0.15) is 5.56 Å². The minimum absolute atomic E-state index is 0.332. The van der Waals surface area contributed by atoms with Gasteiger partial charge in [-0.3, -0.25) is 0 Å². The molecule has 3 nitrogen and oxygen atoms in total. The van der Waals surface area contributed by atoms with E-state index in [9.17, 15) is 4.39 Å². The molecule has 0 atom stereocenters. The van der Waals surface area contributed by atoms with Gasteiger partial charge < -0.3 is 5.43 Å². The Morgan fingerprint density at radius 3 is 2.80 bits per heavy atom. The maximum atomic E-state index is 13.2. The van der Waals surface area contributed by atoms with Gasteiger partial charge in [-0.15, -0.1) is 0 Å². The van der Waals surface area contributed by atoms with Crippen molar-refractivity contribution >= 4 is 32.7 Å². The van der Waals surface area contributed by atoms with Gasteiger partial charge in [-0.05, 0) is 40.5 Å². The van der Waals surface area contributed by atoms with Crippen molar-refractivity contribution in [2.45, 2.75) is 6.92 Å². The molecule has 0 aliphatic rings. The van der Waals surface area contributed by atoms with Gasteiger partial charge in [-0.25, -0.2) is 15.2 Å². The number of anilines is 1. The first-order valence-corrected chi connectivity index (χ1v) is 5.14. The highest BCUT2D eigenvalue weighted by atomic mass is 79.9. The van der Waals surface area contributed by atoms with E-state index in [2.05, 4.69) is 26.3 Å². The van der Waals surface area contributed by atoms with Crippen molar-refractivity contribution < 1.29 is 4.39 Å². The summed E-state index contributed by atoms with van der Waals surface area (Å²) in [4.78, 5) is 4.20. The predicted octanol–water partition coefficient (Wildman–Crippen LogP) is 2.73. The zero-order chi connectivity index (χ0) is 11.0. The molecule has 0 fully saturated rings. The predicted molar refractivity (Wildman–Crippen MR) is 61.9 cm³/mol. The second-order valence-electron chi connectivity index (χ2n) is 3.26. The summed E-state index contributed by atoms with van der Waals surface area (Å²) in [6.45, 7) is 1.89. The molecule has 0 unspecified atom stereocenters. The van der Waals surface area contributed by atoms with Crippen molar-refractivity contribution in [2.75, 3.05) is 5.43 Å². The summed E-state index contributed by atoms with van der Waals surface area (Å²) >= 11 is 3.13. The number of pyridine rings is 1. The van der Waals surface area contributed by atoms with Crippen molar-refractivity contribution in [3.63, 3.8) is 0 Å². The summed E-state index contributed by atoms with van der Waals surface area (Å²) in [6.07, 6.45) is 0. The van der Waals surface area contributed by atoms with E-state index in [0.29, 0.717) is 15.8 Å². The summed E-state index contributed by atoms with van der Waals surface area (Å²) in [5.74, 6) is 5.52. The van der Waals surface area contributed by atoms with Crippen molar-refractivity contribution in [1.29, 1.82) is 0 Å². The summed E-state index contributed by atoms with van der Waals surface area (Å²) in [5, 5.41) is 0.875. The summed E-state index contributed by atoms with van der Waals surface area (Å²) in [7, 11) is 0. The minimum Gasteiger partial charge on any atom is -0.308 e. The number of nitrogens with zero attached hydrogens (tertiary/aromatic N) is 1. The summed E-state index contributed by atoms with van der Waals surface area (Å²) < 4.78 is 13.7. The SMILES string of the molecule is Cc1cc2cc(Br)c(F)cc2nc1NN. The molecule has 0 aliphatic carbocycles. The van der Waals surface area contributed by atoms with Crippen molar-refractivity contribution in [3.05, 3.63) is 34.1 Å². The highest BCUT2D eigenvalue weighted by Crippen LogP contribution is 2.25. The van der Waals surface area contributed by atoms with Gasteiger partial charge in [-0.2, -0.15) is 0 Å². The van der Waals surface area contributed by atoms with Crippen LogP contribution in [0, 0.1) is 12.7 Å². The van der Waals surface area contributed by atoms with E-state index in [1.165, 1.54) is 6.07 Å². The van der Waals surface area contributed by atoms with Crippen LogP contribution in [-0.4, -0.2) is 4.98 Å². The van der Waals surface area contributed by atoms with Crippen molar-refractivity contribution in [2.24, 2.45) is 5.84 Å². The average molecular weight is 270 g/mol. The fraction of sp³-hybridized carbons (Fsp3) is 0.100. The number of nitrogens with one attached hydrogen (secondary N) is 1. The second-order valence-corrected chi connectivity index (χ2v) is 4.11. The van der Waals surface area contributed by atoms with Crippen LogP contribution in [0.3, 0.4) is 0 Å². The molecular weight excluding hydrogens is 261 g/mol. The Morgan fingerprint density at radius 1 is 1.40 bits per heavy atom. The van der Waals surface area contributed by atoms with Crippen LogP contribution in [0.25, 0.3) is 10.9 Å². The van der Waals surface area contributed by atoms with Crippen LogP contribution in [-0.2, 0) is 0 Å². The third kappa shape index (κ3) is 1.80. The number of hydrazine groups is 1. The number of halogens is 2. The van der Waals surface area contributed by atoms with Gasteiger partial charge in [-0.1, -0.05) is 0 Å². The molecule has 0 bridgehead atoms. The van der Waals surface area contributed by atoms with Crippen LogP contribution in [0.5, 0.6) is 0 Å². The van der Waals surface area contributed by atoms with Gasteiger partial charge in [0.05, 0.1) is 9.99 Å². The first-order valence-electron chi connectivity index (χ1n) is 4.35. The zero-order valence-electron chi connectivity index (χ0n) is 8.01. The van der Waals surface area contributed by atoms with E-state index < -0.39 is 0 Å². The van der Waals surface area contributed by atoms with Gasteiger partial charge in [0.15, 0.2) is 0 Å². The maximum absolute atomic E-state index is 13.2. The molecule has 78 valence electrons. The van der Waals surface area contributed by atoms with E-state index in [1.807, 2.05) is 13.0 Å². The molecular formula is C10H9BrFN3. The summed E-state index contributed by atoms with van der Waals surface area (Å²) in [6, 6.07) is 4.98. The Hall–Kier alpha value is -1.20. The van der Waals surface area contributed by atoms with E-state index in [1.54, 1.807) is 6.07 Å². The number of aromatic nitrogens is 1. The molecule has 0 saturated heterocycles. The Labute approximate surface area is 94.6 Å². The molecule has 2 rings (SSSR count). The number of nitrogens with two attached hydrogens (primary N) is 1. The van der Waals surface area contributed by atoms with Gasteiger partial charge in [0.25, 0.3) is 0 Å². The van der Waals surface area contributed by atoms with Crippen molar-refractivity contribution in [3.8, 4) is 0 Å². The van der Waals surface area contributed by atoms with E-state index in [-0.39, 0.29) is 5.82 Å². The Balaban J connectivity index is 2.76. The fourth-order valence-electron chi connectivity index (χ4n) is 1.42. The standard InChI is InChI=1S/C10H9BrFN3/c1-5-2-6-3-7(11)8(12)4-9(6)14-10(5)15-13/h2-4H,13H2,1H3,(H,14,15). The number of benzene rings is 1. The van der Waals surface area contributed by atoms with Gasteiger partial charge in [0, 0.05) is 11.5 Å². The largest absolute Gasteiger partial charge is 0.308 e. The summed E-state index contributed by atoms with van der Waals surface area (Å²) in [5.41, 5.74) is 3.97. The number of nitrogen functional groups attached to an aromatic ring is 1. The Morgan fingerprint density at radius 2 is 2.13 bits per heavy atom. The fourth-order valence-corrected chi connectivity index (χ4v) is 1.78. The maximum Gasteiger partial charge on any atom is 0.143 e. The first-order chi connectivity index (χ1) is 7.11. The van der Waals surface area contributed by atoms with Gasteiger partial charge in [0.1, 0.15) is 11.6 Å². The number of hydrogen-bond acceptors (Lipinski definition) is 3. The number of rotatable bonds is 1. The highest BCUT2D eigenvalue weighted by Gasteiger charge is 2.06. The first kappa shape index (κ1) is 10.3. The molecule has 15 heavy (non-hydrogen) atoms. The van der Waals surface area contributed by atoms with E-state index >= 15 is 0 Å². The van der Waals surface area contributed by atoms with E-state index in [4.69, 9.17) is 5.84 Å². The lowest BCUT2D eigenvalue weighted by atomic mass is 10.1. The Bertz CT molecular complexity index is 528. The minimum atomic E-state index is -0.332. The third-order valence-corrected chi connectivity index (χ3v) is 2.79. The lowest BCUT2D eigenvalue weighted by Crippen LogP contribution is -2.10. The monoisotopic (exact) mass is 269 g/mol. The van der Waals surface area contributed by atoms with Crippen LogP contribution in [0.2, 0.25) is 0 Å². The van der Waals surface area contributed by atoms with Crippen LogP contribution in [0.15, 0.2) is 22.7 Å². The molecule has 1 aromatic heterocycles. The third-order valence-electron chi connectivity index (χ3n) is 2.18.